The normalized spacial score (nSPS) is 15.2. The average Bonchev–Trinajstić information content (AvgIpc) is 3.02. The summed E-state index contributed by atoms with van der Waals surface area (Å²) < 4.78 is 1.79. The second-order valence-electron chi connectivity index (χ2n) is 6.96. The van der Waals surface area contributed by atoms with Crippen LogP contribution >= 0.6 is 12.4 Å². The number of hydrogen-bond acceptors (Lipinski definition) is 4. The van der Waals surface area contributed by atoms with E-state index in [1.807, 2.05) is 37.1 Å². The zero-order valence-corrected chi connectivity index (χ0v) is 16.7. The third kappa shape index (κ3) is 4.07. The summed E-state index contributed by atoms with van der Waals surface area (Å²) in [4.78, 5) is 19.1. The number of piperidine rings is 1. The maximum atomic E-state index is 12.8. The summed E-state index contributed by atoms with van der Waals surface area (Å²) in [6.07, 6.45) is 1.94. The van der Waals surface area contributed by atoms with Crippen molar-refractivity contribution in [2.45, 2.75) is 45.6 Å². The van der Waals surface area contributed by atoms with Gasteiger partial charge in [0.25, 0.3) is 5.91 Å². The SMILES string of the molecule is CNC1CCN(C(=O)c2nc(C)n(-c3ccccc3C(C)C)n2)CC1.Cl. The molecule has 0 aliphatic carbocycles. The number of aromatic nitrogens is 3. The van der Waals surface area contributed by atoms with Crippen molar-refractivity contribution in [1.29, 1.82) is 0 Å². The van der Waals surface area contributed by atoms with Gasteiger partial charge in [0, 0.05) is 19.1 Å². The molecule has 1 N–H and O–H groups in total. The van der Waals surface area contributed by atoms with Crippen LogP contribution in [0.1, 0.15) is 54.6 Å². The van der Waals surface area contributed by atoms with E-state index in [-0.39, 0.29) is 18.3 Å². The van der Waals surface area contributed by atoms with Crippen LogP contribution in [0.5, 0.6) is 0 Å². The molecule has 0 spiro atoms. The Labute approximate surface area is 161 Å². The standard InChI is InChI=1S/C19H27N5O.ClH/c1-13(2)16-7-5-6-8-17(16)24-14(3)21-18(22-24)19(25)23-11-9-15(20-4)10-12-23;/h5-8,13,15,20H,9-12H2,1-4H3;1H. The van der Waals surface area contributed by atoms with Crippen molar-refractivity contribution >= 4 is 18.3 Å². The predicted octanol–water partition coefficient (Wildman–Crippen LogP) is 2.94. The van der Waals surface area contributed by atoms with E-state index in [1.54, 1.807) is 4.68 Å². The Morgan fingerprint density at radius 2 is 1.88 bits per heavy atom. The number of carbonyl (C=O) groups is 1. The molecule has 7 heteroatoms. The number of para-hydroxylation sites is 1. The van der Waals surface area contributed by atoms with Crippen LogP contribution < -0.4 is 5.32 Å². The molecule has 1 aromatic carbocycles. The minimum atomic E-state index is -0.0709. The smallest absolute Gasteiger partial charge is 0.293 e. The number of halogens is 1. The molecule has 1 aromatic heterocycles. The fourth-order valence-electron chi connectivity index (χ4n) is 3.39. The van der Waals surface area contributed by atoms with Crippen molar-refractivity contribution in [3.8, 4) is 5.69 Å². The molecule has 1 saturated heterocycles. The van der Waals surface area contributed by atoms with E-state index in [0.29, 0.717) is 17.8 Å². The highest BCUT2D eigenvalue weighted by molar-refractivity contribution is 5.90. The lowest BCUT2D eigenvalue weighted by atomic mass is 10.0. The third-order valence-corrected chi connectivity index (χ3v) is 4.94. The highest BCUT2D eigenvalue weighted by atomic mass is 35.5. The Morgan fingerprint density at radius 1 is 1.23 bits per heavy atom. The van der Waals surface area contributed by atoms with Crippen molar-refractivity contribution in [1.82, 2.24) is 25.0 Å². The Bertz CT molecular complexity index is 750. The highest BCUT2D eigenvalue weighted by Gasteiger charge is 2.26. The molecule has 1 amide bonds. The Morgan fingerprint density at radius 3 is 2.50 bits per heavy atom. The predicted molar refractivity (Wildman–Crippen MR) is 105 cm³/mol. The van der Waals surface area contributed by atoms with Gasteiger partial charge >= 0.3 is 0 Å². The molecule has 0 saturated carbocycles. The van der Waals surface area contributed by atoms with Crippen molar-refractivity contribution in [2.75, 3.05) is 20.1 Å². The zero-order chi connectivity index (χ0) is 18.0. The van der Waals surface area contributed by atoms with Gasteiger partial charge in [0.15, 0.2) is 0 Å². The van der Waals surface area contributed by atoms with Crippen molar-refractivity contribution in [2.24, 2.45) is 0 Å². The molecule has 0 unspecified atom stereocenters. The Hall–Kier alpha value is -1.92. The van der Waals surface area contributed by atoms with Crippen molar-refractivity contribution in [3.05, 3.63) is 41.5 Å². The lowest BCUT2D eigenvalue weighted by Crippen LogP contribution is -2.44. The van der Waals surface area contributed by atoms with E-state index in [2.05, 4.69) is 35.3 Å². The average molecular weight is 378 g/mol. The number of nitrogens with one attached hydrogen (secondary N) is 1. The summed E-state index contributed by atoms with van der Waals surface area (Å²) >= 11 is 0. The van der Waals surface area contributed by atoms with Gasteiger partial charge in [0.2, 0.25) is 5.82 Å². The maximum absolute atomic E-state index is 12.8. The summed E-state index contributed by atoms with van der Waals surface area (Å²) in [5.74, 6) is 1.33. The van der Waals surface area contributed by atoms with E-state index >= 15 is 0 Å². The lowest BCUT2D eigenvalue weighted by Gasteiger charge is -2.30. The van der Waals surface area contributed by atoms with E-state index in [4.69, 9.17) is 0 Å². The molecule has 26 heavy (non-hydrogen) atoms. The molecule has 1 fully saturated rings. The largest absolute Gasteiger partial charge is 0.336 e. The van der Waals surface area contributed by atoms with Crippen LogP contribution in [0, 0.1) is 6.92 Å². The number of hydrogen-bond donors (Lipinski definition) is 1. The summed E-state index contributed by atoms with van der Waals surface area (Å²) in [5.41, 5.74) is 2.19. The van der Waals surface area contributed by atoms with Crippen LogP contribution in [0.15, 0.2) is 24.3 Å². The number of likely N-dealkylation sites (tertiary alicyclic amines) is 1. The van der Waals surface area contributed by atoms with Crippen LogP contribution in [0.25, 0.3) is 5.69 Å². The number of aryl methyl sites for hydroxylation is 1. The first-order valence-corrected chi connectivity index (χ1v) is 9.00. The second-order valence-corrected chi connectivity index (χ2v) is 6.96. The van der Waals surface area contributed by atoms with E-state index in [1.165, 1.54) is 5.56 Å². The molecule has 2 heterocycles. The summed E-state index contributed by atoms with van der Waals surface area (Å²) in [6.45, 7) is 7.71. The quantitative estimate of drug-likeness (QED) is 0.889. The molecule has 0 atom stereocenters. The molecule has 6 nitrogen and oxygen atoms in total. The van der Waals surface area contributed by atoms with Crippen LogP contribution in [0.3, 0.4) is 0 Å². The topological polar surface area (TPSA) is 63.1 Å². The third-order valence-electron chi connectivity index (χ3n) is 4.94. The number of nitrogens with zero attached hydrogens (tertiary/aromatic N) is 4. The Balaban J connectivity index is 0.00000243. The molecule has 2 aromatic rings. The minimum Gasteiger partial charge on any atom is -0.336 e. The molecule has 1 aliphatic heterocycles. The van der Waals surface area contributed by atoms with E-state index in [0.717, 1.165) is 37.4 Å². The molecule has 1 aliphatic rings. The van der Waals surface area contributed by atoms with E-state index in [9.17, 15) is 4.79 Å². The Kier molecular flexibility index (Phi) is 6.78. The first kappa shape index (κ1) is 20.4. The summed E-state index contributed by atoms with van der Waals surface area (Å²) in [7, 11) is 1.97. The van der Waals surface area contributed by atoms with E-state index < -0.39 is 0 Å². The van der Waals surface area contributed by atoms with Gasteiger partial charge in [0.05, 0.1) is 5.69 Å². The highest BCUT2D eigenvalue weighted by Crippen LogP contribution is 2.23. The number of carbonyl (C=O) groups excluding carboxylic acids is 1. The zero-order valence-electron chi connectivity index (χ0n) is 15.9. The summed E-state index contributed by atoms with van der Waals surface area (Å²) in [6, 6.07) is 8.65. The van der Waals surface area contributed by atoms with Gasteiger partial charge in [-0.2, -0.15) is 0 Å². The van der Waals surface area contributed by atoms with Crippen molar-refractivity contribution < 1.29 is 4.79 Å². The van der Waals surface area contributed by atoms with Crippen LogP contribution in [0.2, 0.25) is 0 Å². The maximum Gasteiger partial charge on any atom is 0.293 e. The molecule has 0 bridgehead atoms. The van der Waals surface area contributed by atoms with Gasteiger partial charge in [0.1, 0.15) is 5.82 Å². The number of benzene rings is 1. The number of rotatable bonds is 4. The first-order valence-electron chi connectivity index (χ1n) is 9.00. The van der Waals surface area contributed by atoms with Gasteiger partial charge in [-0.25, -0.2) is 9.67 Å². The van der Waals surface area contributed by atoms with Crippen LogP contribution in [-0.2, 0) is 0 Å². The summed E-state index contributed by atoms with van der Waals surface area (Å²) in [5, 5.41) is 7.82. The monoisotopic (exact) mass is 377 g/mol. The fourth-order valence-corrected chi connectivity index (χ4v) is 3.39. The van der Waals surface area contributed by atoms with Crippen LogP contribution in [0.4, 0.5) is 0 Å². The molecular formula is C19H28ClN5O. The lowest BCUT2D eigenvalue weighted by molar-refractivity contribution is 0.0695. The van der Waals surface area contributed by atoms with Gasteiger partial charge in [-0.3, -0.25) is 4.79 Å². The number of amides is 1. The van der Waals surface area contributed by atoms with Gasteiger partial charge in [-0.05, 0) is 44.4 Å². The molecule has 0 radical (unpaired) electrons. The molecular weight excluding hydrogens is 350 g/mol. The fraction of sp³-hybridized carbons (Fsp3) is 0.526. The molecule has 142 valence electrons. The minimum absolute atomic E-state index is 0. The van der Waals surface area contributed by atoms with Crippen LogP contribution in [-0.4, -0.2) is 51.8 Å². The second kappa shape index (κ2) is 8.64. The molecule has 3 rings (SSSR count). The van der Waals surface area contributed by atoms with Gasteiger partial charge in [-0.1, -0.05) is 32.0 Å². The first-order chi connectivity index (χ1) is 12.0. The van der Waals surface area contributed by atoms with Gasteiger partial charge < -0.3 is 10.2 Å². The van der Waals surface area contributed by atoms with Gasteiger partial charge in [-0.15, -0.1) is 17.5 Å². The van der Waals surface area contributed by atoms with Crippen molar-refractivity contribution in [3.63, 3.8) is 0 Å².